The smallest absolute Gasteiger partial charge is 0.323 e. The first-order valence-electron chi connectivity index (χ1n) is 7.20. The van der Waals surface area contributed by atoms with Gasteiger partial charge in [-0.05, 0) is 36.2 Å². The third-order valence-electron chi connectivity index (χ3n) is 4.05. The number of ether oxygens (including phenoxy) is 2. The number of halogens is 1. The van der Waals surface area contributed by atoms with Crippen LogP contribution in [0.2, 0.25) is 5.02 Å². The zero-order valence-corrected chi connectivity index (χ0v) is 13.5. The predicted octanol–water partition coefficient (Wildman–Crippen LogP) is 3.67. The monoisotopic (exact) mass is 330 g/mol. The molecule has 2 aromatic carbocycles. The summed E-state index contributed by atoms with van der Waals surface area (Å²) in [5.74, 6) is -1.04. The highest BCUT2D eigenvalue weighted by Crippen LogP contribution is 2.40. The normalized spacial score (nSPS) is 17.3. The molecule has 0 fully saturated rings. The molecule has 1 heterocycles. The van der Waals surface area contributed by atoms with E-state index >= 15 is 0 Å². The number of rotatable bonds is 3. The van der Waals surface area contributed by atoms with Gasteiger partial charge in [0.05, 0.1) is 13.0 Å². The maximum absolute atomic E-state index is 12.2. The summed E-state index contributed by atoms with van der Waals surface area (Å²) in [6, 6.07) is 12.4. The molecule has 0 saturated heterocycles. The number of hydrogen-bond acceptors (Lipinski definition) is 4. The summed E-state index contributed by atoms with van der Waals surface area (Å²) in [7, 11) is 1.36. The van der Waals surface area contributed by atoms with Crippen LogP contribution in [0.5, 0.6) is 5.75 Å². The van der Waals surface area contributed by atoms with Crippen molar-refractivity contribution in [2.75, 3.05) is 7.11 Å². The quantitative estimate of drug-likeness (QED) is 0.636. The molecule has 5 heteroatoms. The van der Waals surface area contributed by atoms with Gasteiger partial charge in [-0.25, -0.2) is 0 Å². The molecule has 4 nitrogen and oxygen atoms in total. The van der Waals surface area contributed by atoms with Crippen molar-refractivity contribution in [1.29, 1.82) is 0 Å². The number of esters is 2. The van der Waals surface area contributed by atoms with Gasteiger partial charge in [0, 0.05) is 10.6 Å². The molecule has 0 N–H and O–H groups in total. The molecule has 2 unspecified atom stereocenters. The number of carbonyl (C=O) groups is 2. The van der Waals surface area contributed by atoms with E-state index in [1.807, 2.05) is 6.07 Å². The Morgan fingerprint density at radius 1 is 1.22 bits per heavy atom. The molecule has 0 bridgehead atoms. The first kappa shape index (κ1) is 15.6. The van der Waals surface area contributed by atoms with Crippen LogP contribution in [0.25, 0.3) is 0 Å². The average molecular weight is 331 g/mol. The summed E-state index contributed by atoms with van der Waals surface area (Å²) in [5.41, 5.74) is 2.35. The van der Waals surface area contributed by atoms with Gasteiger partial charge in [0.25, 0.3) is 0 Å². The fraction of sp³-hybridized carbons (Fsp3) is 0.222. The molecular weight excluding hydrogens is 316 g/mol. The molecule has 23 heavy (non-hydrogen) atoms. The minimum absolute atomic E-state index is 0.321. The van der Waals surface area contributed by atoms with Crippen LogP contribution in [0.15, 0.2) is 42.5 Å². The second kappa shape index (κ2) is 6.05. The molecule has 2 atom stereocenters. The summed E-state index contributed by atoms with van der Waals surface area (Å²) in [6.45, 7) is 1.77. The molecule has 2 aromatic rings. The fourth-order valence-electron chi connectivity index (χ4n) is 2.73. The van der Waals surface area contributed by atoms with E-state index in [0.29, 0.717) is 10.8 Å². The topological polar surface area (TPSA) is 52.6 Å². The van der Waals surface area contributed by atoms with Crippen LogP contribution in [0.3, 0.4) is 0 Å². The van der Waals surface area contributed by atoms with Crippen molar-refractivity contribution in [3.63, 3.8) is 0 Å². The SMILES string of the molecule is COC(=O)C(C)c1ccc2c(c1)C(c1ccc(Cl)cc1)C(=O)O2. The van der Waals surface area contributed by atoms with Gasteiger partial charge >= 0.3 is 11.9 Å². The lowest BCUT2D eigenvalue weighted by atomic mass is 9.89. The molecule has 0 spiro atoms. The molecule has 0 saturated carbocycles. The molecule has 0 radical (unpaired) electrons. The fourth-order valence-corrected chi connectivity index (χ4v) is 2.86. The zero-order valence-electron chi connectivity index (χ0n) is 12.7. The van der Waals surface area contributed by atoms with Crippen molar-refractivity contribution < 1.29 is 19.1 Å². The summed E-state index contributed by atoms with van der Waals surface area (Å²) >= 11 is 5.91. The predicted molar refractivity (Wildman–Crippen MR) is 85.8 cm³/mol. The van der Waals surface area contributed by atoms with Gasteiger partial charge in [0.2, 0.25) is 0 Å². The Labute approximate surface area is 139 Å². The standard InChI is InChI=1S/C18H15ClO4/c1-10(17(20)22-2)12-5-8-15-14(9-12)16(18(21)23-15)11-3-6-13(19)7-4-11/h3-10,16H,1-2H3. The van der Waals surface area contributed by atoms with Crippen LogP contribution < -0.4 is 4.74 Å². The molecule has 3 rings (SSSR count). The molecule has 0 aliphatic carbocycles. The lowest BCUT2D eigenvalue weighted by Crippen LogP contribution is -2.12. The highest BCUT2D eigenvalue weighted by Gasteiger charge is 2.35. The van der Waals surface area contributed by atoms with Crippen molar-refractivity contribution in [2.24, 2.45) is 0 Å². The average Bonchev–Trinajstić information content (AvgIpc) is 2.89. The summed E-state index contributed by atoms with van der Waals surface area (Å²) in [4.78, 5) is 24.0. The van der Waals surface area contributed by atoms with Gasteiger partial charge in [0.15, 0.2) is 0 Å². The van der Waals surface area contributed by atoms with E-state index in [1.54, 1.807) is 43.3 Å². The van der Waals surface area contributed by atoms with Crippen LogP contribution in [0, 0.1) is 0 Å². The van der Waals surface area contributed by atoms with E-state index in [9.17, 15) is 9.59 Å². The van der Waals surface area contributed by atoms with Gasteiger partial charge in [-0.2, -0.15) is 0 Å². The Morgan fingerprint density at radius 3 is 2.57 bits per heavy atom. The van der Waals surface area contributed by atoms with Gasteiger partial charge in [-0.1, -0.05) is 35.9 Å². The van der Waals surface area contributed by atoms with E-state index in [0.717, 1.165) is 16.7 Å². The first-order chi connectivity index (χ1) is 11.0. The summed E-state index contributed by atoms with van der Waals surface area (Å²) in [6.07, 6.45) is 0. The van der Waals surface area contributed by atoms with Gasteiger partial charge in [0.1, 0.15) is 11.7 Å². The second-order valence-corrected chi connectivity index (χ2v) is 5.88. The maximum atomic E-state index is 12.2. The lowest BCUT2D eigenvalue weighted by molar-refractivity contribution is -0.142. The number of carbonyl (C=O) groups excluding carboxylic acids is 2. The van der Waals surface area contributed by atoms with E-state index < -0.39 is 11.8 Å². The number of hydrogen-bond donors (Lipinski definition) is 0. The number of fused-ring (bicyclic) bond motifs is 1. The van der Waals surface area contributed by atoms with Crippen LogP contribution >= 0.6 is 11.6 Å². The third-order valence-corrected chi connectivity index (χ3v) is 4.30. The summed E-state index contributed by atoms with van der Waals surface area (Å²) < 4.78 is 10.1. The highest BCUT2D eigenvalue weighted by atomic mass is 35.5. The van der Waals surface area contributed by atoms with Crippen LogP contribution in [-0.2, 0) is 14.3 Å². The van der Waals surface area contributed by atoms with E-state index in [-0.39, 0.29) is 11.9 Å². The Hall–Kier alpha value is -2.33. The molecule has 1 aliphatic heterocycles. The van der Waals surface area contributed by atoms with Crippen LogP contribution in [-0.4, -0.2) is 19.0 Å². The zero-order chi connectivity index (χ0) is 16.6. The molecule has 1 aliphatic rings. The van der Waals surface area contributed by atoms with Gasteiger partial charge in [-0.3, -0.25) is 9.59 Å². The molecule has 0 amide bonds. The Morgan fingerprint density at radius 2 is 1.91 bits per heavy atom. The van der Waals surface area contributed by atoms with E-state index in [2.05, 4.69) is 0 Å². The van der Waals surface area contributed by atoms with Gasteiger partial charge < -0.3 is 9.47 Å². The minimum atomic E-state index is -0.507. The lowest BCUT2D eigenvalue weighted by Gasteiger charge is -2.12. The first-order valence-corrected chi connectivity index (χ1v) is 7.58. The third kappa shape index (κ3) is 2.82. The van der Waals surface area contributed by atoms with Crippen LogP contribution in [0.1, 0.15) is 35.4 Å². The number of methoxy groups -OCH3 is 1. The second-order valence-electron chi connectivity index (χ2n) is 5.45. The number of benzene rings is 2. The van der Waals surface area contributed by atoms with Crippen molar-refractivity contribution in [1.82, 2.24) is 0 Å². The van der Waals surface area contributed by atoms with Crippen molar-refractivity contribution >= 4 is 23.5 Å². The Balaban J connectivity index is 2.02. The Kier molecular flexibility index (Phi) is 4.09. The molecular formula is C18H15ClO4. The van der Waals surface area contributed by atoms with E-state index in [1.165, 1.54) is 7.11 Å². The van der Waals surface area contributed by atoms with Crippen molar-refractivity contribution in [3.05, 3.63) is 64.2 Å². The van der Waals surface area contributed by atoms with Crippen molar-refractivity contribution in [2.45, 2.75) is 18.8 Å². The minimum Gasteiger partial charge on any atom is -0.469 e. The maximum Gasteiger partial charge on any atom is 0.323 e. The van der Waals surface area contributed by atoms with Gasteiger partial charge in [-0.15, -0.1) is 0 Å². The summed E-state index contributed by atoms with van der Waals surface area (Å²) in [5, 5.41) is 0.605. The highest BCUT2D eigenvalue weighted by molar-refractivity contribution is 6.30. The molecule has 118 valence electrons. The van der Waals surface area contributed by atoms with Crippen LogP contribution in [0.4, 0.5) is 0 Å². The van der Waals surface area contributed by atoms with Crippen molar-refractivity contribution in [3.8, 4) is 5.75 Å². The Bertz CT molecular complexity index is 767. The van der Waals surface area contributed by atoms with E-state index in [4.69, 9.17) is 21.1 Å². The molecule has 0 aromatic heterocycles. The largest absolute Gasteiger partial charge is 0.469 e.